The zero-order chi connectivity index (χ0) is 12.5. The third-order valence-corrected chi connectivity index (χ3v) is 15.4. The minimum atomic E-state index is 0.658. The second kappa shape index (κ2) is 6.85. The SMILES string of the molecule is CC1SSSSC2=C(SC(=C3SC=CS3)S2)C1C. The van der Waals surface area contributed by atoms with Crippen molar-refractivity contribution in [3.63, 3.8) is 0 Å². The molecule has 0 aromatic carbocycles. The zero-order valence-electron chi connectivity index (χ0n) is 9.58. The van der Waals surface area contributed by atoms with Crippen molar-refractivity contribution in [2.24, 2.45) is 5.92 Å². The van der Waals surface area contributed by atoms with Crippen LogP contribution in [-0.4, -0.2) is 5.25 Å². The van der Waals surface area contributed by atoms with Crippen LogP contribution in [0.2, 0.25) is 0 Å². The van der Waals surface area contributed by atoms with Crippen molar-refractivity contribution in [1.29, 1.82) is 0 Å². The van der Waals surface area contributed by atoms with E-state index in [2.05, 4.69) is 24.7 Å². The van der Waals surface area contributed by atoms with E-state index in [9.17, 15) is 0 Å². The molecule has 0 bridgehead atoms. The van der Waals surface area contributed by atoms with Gasteiger partial charge in [-0.3, -0.25) is 0 Å². The predicted octanol–water partition coefficient (Wildman–Crippen LogP) is 7.43. The molecule has 0 fully saturated rings. The van der Waals surface area contributed by atoms with Crippen molar-refractivity contribution in [3.8, 4) is 0 Å². The molecule has 0 N–H and O–H groups in total. The van der Waals surface area contributed by atoms with Crippen LogP contribution >= 0.6 is 88.3 Å². The lowest BCUT2D eigenvalue weighted by Gasteiger charge is -2.22. The fourth-order valence-electron chi connectivity index (χ4n) is 1.44. The van der Waals surface area contributed by atoms with E-state index in [1.165, 1.54) is 12.7 Å². The molecule has 0 aliphatic carbocycles. The summed E-state index contributed by atoms with van der Waals surface area (Å²) in [4.78, 5) is 1.59. The third-order valence-electron chi connectivity index (χ3n) is 2.61. The summed E-state index contributed by atoms with van der Waals surface area (Å²) < 4.78 is 4.47. The van der Waals surface area contributed by atoms with Gasteiger partial charge in [0, 0.05) is 16.1 Å². The Morgan fingerprint density at radius 3 is 2.44 bits per heavy atom. The quantitative estimate of drug-likeness (QED) is 0.389. The normalized spacial score (nSPS) is 32.8. The third kappa shape index (κ3) is 3.26. The largest absolute Gasteiger partial charge is 0.0884 e. The minimum Gasteiger partial charge on any atom is -0.0884 e. The summed E-state index contributed by atoms with van der Waals surface area (Å²) in [5.74, 6) is 0.658. The second-order valence-corrected chi connectivity index (χ2v) is 14.6. The monoisotopic (exact) mass is 386 g/mol. The highest BCUT2D eigenvalue weighted by atomic mass is 33.7. The number of rotatable bonds is 0. The molecule has 0 saturated carbocycles. The lowest BCUT2D eigenvalue weighted by Crippen LogP contribution is -2.10. The molecule has 0 saturated heterocycles. The van der Waals surface area contributed by atoms with Crippen LogP contribution in [0.5, 0.6) is 0 Å². The fraction of sp³-hybridized carbons (Fsp3) is 0.400. The van der Waals surface area contributed by atoms with Gasteiger partial charge in [0.1, 0.15) is 0 Å². The first-order valence-corrected chi connectivity index (χ1v) is 13.5. The average Bonchev–Trinajstić information content (AvgIpc) is 3.00. The molecule has 0 radical (unpaired) electrons. The van der Waals surface area contributed by atoms with Crippen LogP contribution in [0.4, 0.5) is 0 Å². The Kier molecular flexibility index (Phi) is 5.69. The van der Waals surface area contributed by atoms with Gasteiger partial charge >= 0.3 is 0 Å². The maximum Gasteiger partial charge on any atom is 0.0708 e. The minimum absolute atomic E-state index is 0.658. The fourth-order valence-corrected chi connectivity index (χ4v) is 14.4. The second-order valence-electron chi connectivity index (χ2n) is 3.75. The van der Waals surface area contributed by atoms with Gasteiger partial charge in [-0.15, -0.1) is 0 Å². The van der Waals surface area contributed by atoms with Crippen LogP contribution in [0.3, 0.4) is 0 Å². The Balaban J connectivity index is 1.83. The first-order chi connectivity index (χ1) is 8.75. The molecule has 18 heavy (non-hydrogen) atoms. The highest BCUT2D eigenvalue weighted by Gasteiger charge is 2.32. The van der Waals surface area contributed by atoms with E-state index in [-0.39, 0.29) is 0 Å². The van der Waals surface area contributed by atoms with Gasteiger partial charge in [-0.05, 0) is 41.3 Å². The van der Waals surface area contributed by atoms with Gasteiger partial charge in [-0.2, -0.15) is 0 Å². The van der Waals surface area contributed by atoms with E-state index in [4.69, 9.17) is 0 Å². The molecule has 0 nitrogen and oxygen atoms in total. The van der Waals surface area contributed by atoms with Gasteiger partial charge in [0.25, 0.3) is 0 Å². The first kappa shape index (κ1) is 14.9. The number of thioether (sulfide) groups is 4. The van der Waals surface area contributed by atoms with Gasteiger partial charge in [-0.25, -0.2) is 0 Å². The van der Waals surface area contributed by atoms with Gasteiger partial charge < -0.3 is 0 Å². The molecule has 3 heterocycles. The van der Waals surface area contributed by atoms with E-state index in [0.717, 1.165) is 0 Å². The van der Waals surface area contributed by atoms with Crippen molar-refractivity contribution in [2.45, 2.75) is 19.1 Å². The van der Waals surface area contributed by atoms with Crippen molar-refractivity contribution in [1.82, 2.24) is 0 Å². The molecule has 0 aromatic rings. The summed E-state index contributed by atoms with van der Waals surface area (Å²) in [6.07, 6.45) is 0. The van der Waals surface area contributed by atoms with Gasteiger partial charge in [-0.1, -0.05) is 71.7 Å². The molecule has 98 valence electrons. The Hall–Kier alpha value is 2.02. The molecule has 0 amide bonds. The van der Waals surface area contributed by atoms with Crippen molar-refractivity contribution < 1.29 is 0 Å². The van der Waals surface area contributed by atoms with Crippen LogP contribution in [-0.2, 0) is 0 Å². The Morgan fingerprint density at radius 1 is 0.889 bits per heavy atom. The molecule has 0 aromatic heterocycles. The molecule has 2 unspecified atom stereocenters. The molecule has 3 rings (SSSR count). The zero-order valence-corrected chi connectivity index (χ0v) is 16.1. The van der Waals surface area contributed by atoms with Crippen molar-refractivity contribution in [2.75, 3.05) is 0 Å². The molecule has 2 atom stereocenters. The molecule has 3 aliphatic rings. The van der Waals surface area contributed by atoms with E-state index in [1.54, 1.807) is 4.91 Å². The summed E-state index contributed by atoms with van der Waals surface area (Å²) in [6.45, 7) is 4.72. The Bertz CT molecular complexity index is 427. The van der Waals surface area contributed by atoms with Crippen LogP contribution in [0.1, 0.15) is 13.8 Å². The predicted molar refractivity (Wildman–Crippen MR) is 103 cm³/mol. The molecular formula is C10H10S8. The maximum atomic E-state index is 2.37. The van der Waals surface area contributed by atoms with E-state index < -0.39 is 0 Å². The number of allylic oxidation sites excluding steroid dienone is 1. The highest BCUT2D eigenvalue weighted by molar-refractivity contribution is 9.26. The lowest BCUT2D eigenvalue weighted by molar-refractivity contribution is 0.710. The van der Waals surface area contributed by atoms with E-state index in [0.29, 0.717) is 11.2 Å². The summed E-state index contributed by atoms with van der Waals surface area (Å²) in [7, 11) is 7.78. The first-order valence-electron chi connectivity index (χ1n) is 5.25. The molecule has 8 heteroatoms. The maximum absolute atomic E-state index is 2.37. The number of hydrogen-bond donors (Lipinski definition) is 0. The van der Waals surface area contributed by atoms with Crippen LogP contribution in [0.25, 0.3) is 0 Å². The van der Waals surface area contributed by atoms with E-state index >= 15 is 0 Å². The molecular weight excluding hydrogens is 377 g/mol. The molecule has 3 aliphatic heterocycles. The smallest absolute Gasteiger partial charge is 0.0708 e. The van der Waals surface area contributed by atoms with Crippen LogP contribution < -0.4 is 0 Å². The summed E-state index contributed by atoms with van der Waals surface area (Å²) in [5.41, 5.74) is 0. The average molecular weight is 387 g/mol. The molecule has 0 spiro atoms. The lowest BCUT2D eigenvalue weighted by atomic mass is 10.1. The standard InChI is InChI=1S/C10H10S8/c1-5-6(2)15-17-18-16-8-7(5)13-10(14-8)9-11-3-4-12-9/h3-6H,1-2H3. The van der Waals surface area contributed by atoms with Crippen LogP contribution in [0.15, 0.2) is 28.4 Å². The number of hydrogen-bond acceptors (Lipinski definition) is 8. The van der Waals surface area contributed by atoms with Crippen LogP contribution in [0, 0.1) is 5.92 Å². The topological polar surface area (TPSA) is 0 Å². The highest BCUT2D eigenvalue weighted by Crippen LogP contribution is 2.66. The summed E-state index contributed by atoms with van der Waals surface area (Å²) >= 11 is 7.72. The van der Waals surface area contributed by atoms with Gasteiger partial charge in [0.05, 0.1) is 12.7 Å². The Morgan fingerprint density at radius 2 is 1.67 bits per heavy atom. The summed E-state index contributed by atoms with van der Waals surface area (Å²) in [5, 5.41) is 5.06. The van der Waals surface area contributed by atoms with E-state index in [1.807, 2.05) is 88.3 Å². The van der Waals surface area contributed by atoms with Crippen molar-refractivity contribution in [3.05, 3.63) is 28.4 Å². The van der Waals surface area contributed by atoms with Gasteiger partial charge in [0.15, 0.2) is 0 Å². The van der Waals surface area contributed by atoms with Gasteiger partial charge in [0.2, 0.25) is 0 Å². The Labute approximate surface area is 140 Å². The van der Waals surface area contributed by atoms with Crippen molar-refractivity contribution >= 4 is 88.3 Å². The summed E-state index contributed by atoms with van der Waals surface area (Å²) in [6, 6.07) is 0.